The maximum atomic E-state index is 12.6. The van der Waals surface area contributed by atoms with Crippen molar-refractivity contribution in [3.63, 3.8) is 0 Å². The molecule has 0 aromatic heterocycles. The SMILES string of the molecule is COc1cc2c(cc1OC)C(=O)[C@H](c1ccccc1)C2. The predicted molar refractivity (Wildman–Crippen MR) is 76.8 cm³/mol. The second-order valence-corrected chi connectivity index (χ2v) is 4.90. The van der Waals surface area contributed by atoms with Crippen LogP contribution in [0.2, 0.25) is 0 Å². The van der Waals surface area contributed by atoms with E-state index < -0.39 is 0 Å². The third-order valence-corrected chi connectivity index (χ3v) is 3.82. The molecule has 2 aromatic rings. The number of carbonyl (C=O) groups excluding carboxylic acids is 1. The fourth-order valence-corrected chi connectivity index (χ4v) is 2.77. The van der Waals surface area contributed by atoms with E-state index in [1.54, 1.807) is 20.3 Å². The summed E-state index contributed by atoms with van der Waals surface area (Å²) in [5.41, 5.74) is 2.84. The molecule has 0 amide bonds. The smallest absolute Gasteiger partial charge is 0.171 e. The first kappa shape index (κ1) is 12.7. The van der Waals surface area contributed by atoms with Gasteiger partial charge in [-0.2, -0.15) is 0 Å². The second-order valence-electron chi connectivity index (χ2n) is 4.90. The van der Waals surface area contributed by atoms with Gasteiger partial charge in [0, 0.05) is 5.56 Å². The van der Waals surface area contributed by atoms with Gasteiger partial charge in [-0.15, -0.1) is 0 Å². The Balaban J connectivity index is 2.02. The molecule has 0 N–H and O–H groups in total. The summed E-state index contributed by atoms with van der Waals surface area (Å²) < 4.78 is 10.6. The molecule has 0 radical (unpaired) electrons. The lowest BCUT2D eigenvalue weighted by Gasteiger charge is -2.09. The Morgan fingerprint density at radius 3 is 2.30 bits per heavy atom. The molecule has 20 heavy (non-hydrogen) atoms. The van der Waals surface area contributed by atoms with E-state index in [-0.39, 0.29) is 11.7 Å². The summed E-state index contributed by atoms with van der Waals surface area (Å²) >= 11 is 0. The highest BCUT2D eigenvalue weighted by atomic mass is 16.5. The summed E-state index contributed by atoms with van der Waals surface area (Å²) in [6.07, 6.45) is 0.721. The van der Waals surface area contributed by atoms with E-state index in [4.69, 9.17) is 9.47 Å². The first-order valence-electron chi connectivity index (χ1n) is 6.58. The summed E-state index contributed by atoms with van der Waals surface area (Å²) in [6.45, 7) is 0. The number of hydrogen-bond acceptors (Lipinski definition) is 3. The van der Waals surface area contributed by atoms with Crippen LogP contribution in [0.4, 0.5) is 0 Å². The van der Waals surface area contributed by atoms with Crippen LogP contribution in [0, 0.1) is 0 Å². The number of hydrogen-bond donors (Lipinski definition) is 0. The minimum Gasteiger partial charge on any atom is -0.493 e. The molecule has 0 heterocycles. The molecular weight excluding hydrogens is 252 g/mol. The summed E-state index contributed by atoms with van der Waals surface area (Å²) in [7, 11) is 3.19. The van der Waals surface area contributed by atoms with Crippen LogP contribution in [0.15, 0.2) is 42.5 Å². The molecule has 3 heteroatoms. The first-order chi connectivity index (χ1) is 9.74. The standard InChI is InChI=1S/C17H16O3/c1-19-15-9-12-8-13(11-6-4-3-5-7-11)17(18)14(12)10-16(15)20-2/h3-7,9-10,13H,8H2,1-2H3/t13-/m0/s1. The molecule has 0 unspecified atom stereocenters. The highest BCUT2D eigenvalue weighted by Crippen LogP contribution is 2.39. The normalized spacial score (nSPS) is 16.9. The largest absolute Gasteiger partial charge is 0.493 e. The van der Waals surface area contributed by atoms with Crippen molar-refractivity contribution < 1.29 is 14.3 Å². The monoisotopic (exact) mass is 268 g/mol. The number of methoxy groups -OCH3 is 2. The van der Waals surface area contributed by atoms with E-state index in [1.165, 1.54) is 0 Å². The lowest BCUT2D eigenvalue weighted by molar-refractivity contribution is 0.0972. The zero-order chi connectivity index (χ0) is 14.1. The van der Waals surface area contributed by atoms with E-state index in [9.17, 15) is 4.79 Å². The van der Waals surface area contributed by atoms with Gasteiger partial charge in [-0.1, -0.05) is 30.3 Å². The molecule has 0 aliphatic heterocycles. The van der Waals surface area contributed by atoms with Crippen molar-refractivity contribution in [2.45, 2.75) is 12.3 Å². The van der Waals surface area contributed by atoms with Crippen molar-refractivity contribution in [2.24, 2.45) is 0 Å². The number of carbonyl (C=O) groups is 1. The number of ketones is 1. The van der Waals surface area contributed by atoms with Crippen molar-refractivity contribution in [1.29, 1.82) is 0 Å². The molecule has 1 aliphatic carbocycles. The van der Waals surface area contributed by atoms with E-state index in [2.05, 4.69) is 0 Å². The van der Waals surface area contributed by atoms with Crippen LogP contribution in [-0.2, 0) is 6.42 Å². The van der Waals surface area contributed by atoms with E-state index >= 15 is 0 Å². The Kier molecular flexibility index (Phi) is 3.18. The Morgan fingerprint density at radius 1 is 1.00 bits per heavy atom. The number of benzene rings is 2. The van der Waals surface area contributed by atoms with Crippen molar-refractivity contribution in [3.8, 4) is 11.5 Å². The van der Waals surface area contributed by atoms with E-state index in [1.807, 2.05) is 36.4 Å². The third kappa shape index (κ3) is 1.95. The van der Waals surface area contributed by atoms with E-state index in [0.29, 0.717) is 11.5 Å². The Bertz CT molecular complexity index is 647. The van der Waals surface area contributed by atoms with Gasteiger partial charge in [0.05, 0.1) is 20.1 Å². The van der Waals surface area contributed by atoms with Gasteiger partial charge in [-0.05, 0) is 29.7 Å². The molecule has 0 saturated heterocycles. The summed E-state index contributed by atoms with van der Waals surface area (Å²) in [5.74, 6) is 1.34. The Hall–Kier alpha value is -2.29. The molecule has 0 spiro atoms. The molecule has 102 valence electrons. The number of ether oxygens (including phenoxy) is 2. The van der Waals surface area contributed by atoms with Gasteiger partial charge >= 0.3 is 0 Å². The second kappa shape index (κ2) is 5.00. The maximum absolute atomic E-state index is 12.6. The fourth-order valence-electron chi connectivity index (χ4n) is 2.77. The van der Waals surface area contributed by atoms with Gasteiger partial charge in [-0.3, -0.25) is 4.79 Å². The van der Waals surface area contributed by atoms with Gasteiger partial charge in [0.1, 0.15) is 0 Å². The van der Waals surface area contributed by atoms with Crippen LogP contribution in [0.5, 0.6) is 11.5 Å². The van der Waals surface area contributed by atoms with Gasteiger partial charge < -0.3 is 9.47 Å². The van der Waals surface area contributed by atoms with Crippen LogP contribution in [-0.4, -0.2) is 20.0 Å². The summed E-state index contributed by atoms with van der Waals surface area (Å²) in [5, 5.41) is 0. The minimum absolute atomic E-state index is 0.0944. The zero-order valence-corrected chi connectivity index (χ0v) is 11.6. The first-order valence-corrected chi connectivity index (χ1v) is 6.58. The van der Waals surface area contributed by atoms with Crippen LogP contribution >= 0.6 is 0 Å². The molecule has 0 bridgehead atoms. The predicted octanol–water partition coefficient (Wildman–Crippen LogP) is 3.23. The number of Topliss-reactive ketones (excluding diaryl/α,β-unsaturated/α-hetero) is 1. The quantitative estimate of drug-likeness (QED) is 0.857. The Labute approximate surface area is 118 Å². The van der Waals surface area contributed by atoms with Crippen molar-refractivity contribution in [3.05, 3.63) is 59.2 Å². The van der Waals surface area contributed by atoms with Crippen molar-refractivity contribution >= 4 is 5.78 Å². The van der Waals surface area contributed by atoms with Crippen LogP contribution in [0.3, 0.4) is 0 Å². The number of rotatable bonds is 3. The fraction of sp³-hybridized carbons (Fsp3) is 0.235. The van der Waals surface area contributed by atoms with Crippen LogP contribution < -0.4 is 9.47 Å². The molecule has 0 fully saturated rings. The van der Waals surface area contributed by atoms with Gasteiger partial charge in [0.15, 0.2) is 17.3 Å². The summed E-state index contributed by atoms with van der Waals surface area (Å²) in [4.78, 5) is 12.6. The highest BCUT2D eigenvalue weighted by molar-refractivity contribution is 6.05. The molecule has 0 saturated carbocycles. The van der Waals surface area contributed by atoms with Gasteiger partial charge in [-0.25, -0.2) is 0 Å². The minimum atomic E-state index is -0.0944. The third-order valence-electron chi connectivity index (χ3n) is 3.82. The average Bonchev–Trinajstić information content (AvgIpc) is 2.83. The van der Waals surface area contributed by atoms with Crippen LogP contribution in [0.1, 0.15) is 27.4 Å². The van der Waals surface area contributed by atoms with Crippen LogP contribution in [0.25, 0.3) is 0 Å². The van der Waals surface area contributed by atoms with Crippen molar-refractivity contribution in [1.82, 2.24) is 0 Å². The molecular formula is C17H16O3. The Morgan fingerprint density at radius 2 is 1.65 bits per heavy atom. The zero-order valence-electron chi connectivity index (χ0n) is 11.6. The lowest BCUT2D eigenvalue weighted by atomic mass is 9.95. The molecule has 1 aliphatic rings. The maximum Gasteiger partial charge on any atom is 0.171 e. The topological polar surface area (TPSA) is 35.5 Å². The average molecular weight is 268 g/mol. The van der Waals surface area contributed by atoms with Crippen molar-refractivity contribution in [2.75, 3.05) is 14.2 Å². The number of fused-ring (bicyclic) bond motifs is 1. The summed E-state index contributed by atoms with van der Waals surface area (Å²) in [6, 6.07) is 13.6. The van der Waals surface area contributed by atoms with Gasteiger partial charge in [0.25, 0.3) is 0 Å². The highest BCUT2D eigenvalue weighted by Gasteiger charge is 2.32. The molecule has 3 nitrogen and oxygen atoms in total. The van der Waals surface area contributed by atoms with E-state index in [0.717, 1.165) is 23.1 Å². The molecule has 1 atom stereocenters. The molecule has 3 rings (SSSR count). The molecule has 2 aromatic carbocycles. The lowest BCUT2D eigenvalue weighted by Crippen LogP contribution is -2.06. The van der Waals surface area contributed by atoms with Gasteiger partial charge in [0.2, 0.25) is 0 Å².